The average molecular weight is 279 g/mol. The summed E-state index contributed by atoms with van der Waals surface area (Å²) in [5.41, 5.74) is 0.522. The van der Waals surface area contributed by atoms with Gasteiger partial charge in [0.1, 0.15) is 0 Å². The molecule has 1 N–H and O–H groups in total. The van der Waals surface area contributed by atoms with Gasteiger partial charge in [-0.1, -0.05) is 6.07 Å². The van der Waals surface area contributed by atoms with Crippen molar-refractivity contribution in [3.8, 4) is 11.5 Å². The van der Waals surface area contributed by atoms with Gasteiger partial charge in [-0.2, -0.15) is 0 Å². The molecule has 1 aliphatic rings. The second-order valence-corrected chi connectivity index (χ2v) is 4.96. The van der Waals surface area contributed by atoms with E-state index in [1.807, 2.05) is 4.90 Å². The van der Waals surface area contributed by atoms with Crippen LogP contribution in [0, 0.1) is 5.92 Å². The third kappa shape index (κ3) is 2.88. The maximum Gasteiger partial charge on any atom is 0.257 e. The second kappa shape index (κ2) is 6.61. The first-order chi connectivity index (χ1) is 9.71. The predicted molar refractivity (Wildman–Crippen MR) is 75.3 cm³/mol. The molecule has 1 fully saturated rings. The highest BCUT2D eigenvalue weighted by Gasteiger charge is 2.26. The summed E-state index contributed by atoms with van der Waals surface area (Å²) in [4.78, 5) is 14.4. The van der Waals surface area contributed by atoms with Crippen LogP contribution in [-0.2, 0) is 0 Å². The quantitative estimate of drug-likeness (QED) is 0.908. The zero-order valence-corrected chi connectivity index (χ0v) is 12.0. The summed E-state index contributed by atoms with van der Waals surface area (Å²) in [6.07, 6.45) is 1.68. The maximum atomic E-state index is 12.6. The van der Waals surface area contributed by atoms with Gasteiger partial charge in [-0.25, -0.2) is 0 Å². The molecule has 1 saturated heterocycles. The third-order valence-corrected chi connectivity index (χ3v) is 3.79. The summed E-state index contributed by atoms with van der Waals surface area (Å²) in [6, 6.07) is 5.31. The molecule has 5 nitrogen and oxygen atoms in total. The van der Waals surface area contributed by atoms with Gasteiger partial charge in [0.25, 0.3) is 5.91 Å². The Bertz CT molecular complexity index is 467. The van der Waals surface area contributed by atoms with Crippen molar-refractivity contribution in [1.29, 1.82) is 0 Å². The van der Waals surface area contributed by atoms with Crippen LogP contribution in [0.15, 0.2) is 18.2 Å². The number of carbonyl (C=O) groups excluding carboxylic acids is 1. The molecule has 1 aromatic rings. The molecule has 2 rings (SSSR count). The molecule has 5 heteroatoms. The Labute approximate surface area is 119 Å². The fourth-order valence-electron chi connectivity index (χ4n) is 2.54. The number of benzene rings is 1. The van der Waals surface area contributed by atoms with Crippen LogP contribution in [0.1, 0.15) is 23.2 Å². The zero-order valence-electron chi connectivity index (χ0n) is 12.0. The standard InChI is InChI=1S/C15H21NO4/c1-19-13-5-3-4-12(14(13)20-2)15(18)16-8-6-11(10-17)7-9-16/h3-5,11,17H,6-10H2,1-2H3. The Morgan fingerprint density at radius 2 is 2.00 bits per heavy atom. The van der Waals surface area contributed by atoms with E-state index in [1.165, 1.54) is 7.11 Å². The molecule has 1 aliphatic heterocycles. The molecule has 0 radical (unpaired) electrons. The highest BCUT2D eigenvalue weighted by Crippen LogP contribution is 2.32. The van der Waals surface area contributed by atoms with Crippen molar-refractivity contribution in [3.63, 3.8) is 0 Å². The largest absolute Gasteiger partial charge is 0.493 e. The topological polar surface area (TPSA) is 59.0 Å². The molecule has 0 atom stereocenters. The van der Waals surface area contributed by atoms with Gasteiger partial charge < -0.3 is 19.5 Å². The van der Waals surface area contributed by atoms with Gasteiger partial charge in [0, 0.05) is 19.7 Å². The van der Waals surface area contributed by atoms with Gasteiger partial charge in [0.2, 0.25) is 0 Å². The van der Waals surface area contributed by atoms with E-state index in [2.05, 4.69) is 0 Å². The normalized spacial score (nSPS) is 16.1. The van der Waals surface area contributed by atoms with Gasteiger partial charge in [-0.05, 0) is 30.9 Å². The van der Waals surface area contributed by atoms with Gasteiger partial charge >= 0.3 is 0 Å². The monoisotopic (exact) mass is 279 g/mol. The van der Waals surface area contributed by atoms with Gasteiger partial charge in [0.05, 0.1) is 19.8 Å². The Morgan fingerprint density at radius 1 is 1.30 bits per heavy atom. The number of rotatable bonds is 4. The number of likely N-dealkylation sites (tertiary alicyclic amines) is 1. The number of methoxy groups -OCH3 is 2. The van der Waals surface area contributed by atoms with Gasteiger partial charge in [-0.15, -0.1) is 0 Å². The average Bonchev–Trinajstić information content (AvgIpc) is 2.53. The van der Waals surface area contributed by atoms with Crippen molar-refractivity contribution in [2.45, 2.75) is 12.8 Å². The van der Waals surface area contributed by atoms with Crippen LogP contribution in [0.25, 0.3) is 0 Å². The zero-order chi connectivity index (χ0) is 14.5. The highest BCUT2D eigenvalue weighted by molar-refractivity contribution is 5.97. The number of ether oxygens (including phenoxy) is 2. The molecule has 1 aromatic carbocycles. The summed E-state index contributed by atoms with van der Waals surface area (Å²) >= 11 is 0. The molecular weight excluding hydrogens is 258 g/mol. The summed E-state index contributed by atoms with van der Waals surface area (Å²) < 4.78 is 10.5. The summed E-state index contributed by atoms with van der Waals surface area (Å²) in [5.74, 6) is 1.30. The van der Waals surface area contributed by atoms with Crippen LogP contribution in [0.2, 0.25) is 0 Å². The van der Waals surface area contributed by atoms with E-state index in [9.17, 15) is 4.79 Å². The highest BCUT2D eigenvalue weighted by atomic mass is 16.5. The first kappa shape index (κ1) is 14.7. The molecule has 110 valence electrons. The van der Waals surface area contributed by atoms with Crippen LogP contribution in [0.3, 0.4) is 0 Å². The SMILES string of the molecule is COc1cccc(C(=O)N2CCC(CO)CC2)c1OC. The Balaban J connectivity index is 2.17. The molecule has 0 saturated carbocycles. The number of aliphatic hydroxyl groups excluding tert-OH is 1. The minimum Gasteiger partial charge on any atom is -0.493 e. The Hall–Kier alpha value is -1.75. The van der Waals surface area contributed by atoms with Crippen LogP contribution >= 0.6 is 0 Å². The molecule has 0 bridgehead atoms. The van der Waals surface area contributed by atoms with E-state index >= 15 is 0 Å². The number of amides is 1. The molecule has 0 aromatic heterocycles. The molecule has 0 aliphatic carbocycles. The van der Waals surface area contributed by atoms with Crippen molar-refractivity contribution < 1.29 is 19.4 Å². The van der Waals surface area contributed by atoms with Crippen LogP contribution < -0.4 is 9.47 Å². The van der Waals surface area contributed by atoms with Crippen LogP contribution in [-0.4, -0.2) is 49.8 Å². The van der Waals surface area contributed by atoms with Crippen LogP contribution in [0.5, 0.6) is 11.5 Å². The Kier molecular flexibility index (Phi) is 4.84. The van der Waals surface area contributed by atoms with Crippen molar-refractivity contribution in [3.05, 3.63) is 23.8 Å². The number of carbonyl (C=O) groups is 1. The minimum atomic E-state index is -0.0443. The number of hydrogen-bond acceptors (Lipinski definition) is 4. The molecule has 1 heterocycles. The van der Waals surface area contributed by atoms with Gasteiger partial charge in [0.15, 0.2) is 11.5 Å². The molecule has 20 heavy (non-hydrogen) atoms. The number of piperidine rings is 1. The van der Waals surface area contributed by atoms with E-state index < -0.39 is 0 Å². The smallest absolute Gasteiger partial charge is 0.257 e. The molecular formula is C15H21NO4. The predicted octanol–water partition coefficient (Wildman–Crippen LogP) is 1.55. The first-order valence-corrected chi connectivity index (χ1v) is 6.82. The van der Waals surface area contributed by atoms with E-state index in [-0.39, 0.29) is 12.5 Å². The third-order valence-electron chi connectivity index (χ3n) is 3.79. The van der Waals surface area contributed by atoms with E-state index in [1.54, 1.807) is 25.3 Å². The summed E-state index contributed by atoms with van der Waals surface area (Å²) in [7, 11) is 3.09. The van der Waals surface area contributed by atoms with Crippen molar-refractivity contribution in [1.82, 2.24) is 4.90 Å². The maximum absolute atomic E-state index is 12.6. The number of aliphatic hydroxyl groups is 1. The van der Waals surface area contributed by atoms with E-state index in [0.717, 1.165) is 12.8 Å². The summed E-state index contributed by atoms with van der Waals surface area (Å²) in [5, 5.41) is 9.14. The minimum absolute atomic E-state index is 0.0443. The molecule has 0 unspecified atom stereocenters. The fraction of sp³-hybridized carbons (Fsp3) is 0.533. The number of para-hydroxylation sites is 1. The van der Waals surface area contributed by atoms with Crippen molar-refractivity contribution in [2.24, 2.45) is 5.92 Å². The lowest BCUT2D eigenvalue weighted by Gasteiger charge is -2.31. The number of hydrogen-bond donors (Lipinski definition) is 1. The summed E-state index contributed by atoms with van der Waals surface area (Å²) in [6.45, 7) is 1.54. The lowest BCUT2D eigenvalue weighted by Crippen LogP contribution is -2.39. The van der Waals surface area contributed by atoms with Crippen molar-refractivity contribution >= 4 is 5.91 Å². The first-order valence-electron chi connectivity index (χ1n) is 6.82. The fourth-order valence-corrected chi connectivity index (χ4v) is 2.54. The molecule has 0 spiro atoms. The van der Waals surface area contributed by atoms with E-state index in [0.29, 0.717) is 36.1 Å². The molecule has 1 amide bonds. The second-order valence-electron chi connectivity index (χ2n) is 4.96. The lowest BCUT2D eigenvalue weighted by atomic mass is 9.97. The van der Waals surface area contributed by atoms with Crippen molar-refractivity contribution in [2.75, 3.05) is 33.9 Å². The van der Waals surface area contributed by atoms with Gasteiger partial charge in [-0.3, -0.25) is 4.79 Å². The Morgan fingerprint density at radius 3 is 2.55 bits per heavy atom. The lowest BCUT2D eigenvalue weighted by molar-refractivity contribution is 0.0647. The number of nitrogens with zero attached hydrogens (tertiary/aromatic N) is 1. The van der Waals surface area contributed by atoms with Crippen LogP contribution in [0.4, 0.5) is 0 Å². The van der Waals surface area contributed by atoms with E-state index in [4.69, 9.17) is 14.6 Å².